The van der Waals surface area contributed by atoms with Crippen LogP contribution in [0.4, 0.5) is 0 Å². The van der Waals surface area contributed by atoms with E-state index in [9.17, 15) is 0 Å². The minimum atomic E-state index is -1.83. The summed E-state index contributed by atoms with van der Waals surface area (Å²) in [5, 5.41) is 8.67. The summed E-state index contributed by atoms with van der Waals surface area (Å²) in [5.41, 5.74) is 0. The van der Waals surface area contributed by atoms with Crippen LogP contribution >= 0.6 is 22.2 Å². The van der Waals surface area contributed by atoms with Gasteiger partial charge >= 0.3 is 0 Å². The molecule has 1 N–H and O–H groups in total. The molecule has 0 spiro atoms. The van der Waals surface area contributed by atoms with Crippen LogP contribution in [0.15, 0.2) is 0 Å². The van der Waals surface area contributed by atoms with Crippen LogP contribution < -0.4 is 0 Å². The SMILES string of the molecule is C[Si](Cl)(Cl)CCCCCCCCCCCCCCCO. The van der Waals surface area contributed by atoms with E-state index in [1.807, 2.05) is 6.55 Å². The van der Waals surface area contributed by atoms with Crippen molar-refractivity contribution in [1.29, 1.82) is 0 Å². The normalized spacial score (nSPS) is 12.0. The molecule has 0 amide bonds. The van der Waals surface area contributed by atoms with Crippen molar-refractivity contribution >= 4 is 28.9 Å². The van der Waals surface area contributed by atoms with Crippen molar-refractivity contribution in [3.05, 3.63) is 0 Å². The van der Waals surface area contributed by atoms with Crippen molar-refractivity contribution in [1.82, 2.24) is 0 Å². The van der Waals surface area contributed by atoms with Crippen molar-refractivity contribution in [3.63, 3.8) is 0 Å². The molecule has 0 radical (unpaired) electrons. The summed E-state index contributed by atoms with van der Waals surface area (Å²) in [4.78, 5) is 0. The maximum Gasteiger partial charge on any atom is 0.248 e. The Morgan fingerprint density at radius 3 is 1.20 bits per heavy atom. The zero-order valence-electron chi connectivity index (χ0n) is 13.3. The van der Waals surface area contributed by atoms with E-state index >= 15 is 0 Å². The Kier molecular flexibility index (Phi) is 15.2. The largest absolute Gasteiger partial charge is 0.396 e. The molecule has 122 valence electrons. The smallest absolute Gasteiger partial charge is 0.248 e. The molecular weight excluding hydrogens is 307 g/mol. The predicted molar refractivity (Wildman–Crippen MR) is 95.2 cm³/mol. The van der Waals surface area contributed by atoms with Crippen LogP contribution in [0.25, 0.3) is 0 Å². The average Bonchev–Trinajstić information content (AvgIpc) is 2.38. The summed E-state index contributed by atoms with van der Waals surface area (Å²) >= 11 is 12.2. The summed E-state index contributed by atoms with van der Waals surface area (Å²) in [6, 6.07) is 1.05. The topological polar surface area (TPSA) is 20.2 Å². The standard InChI is InChI=1S/C16H34Cl2OSi/c1-20(17,18)16-14-12-10-8-6-4-2-3-5-7-9-11-13-15-19/h19H,2-16H2,1H3. The Bertz CT molecular complexity index is 195. The van der Waals surface area contributed by atoms with E-state index in [2.05, 4.69) is 0 Å². The van der Waals surface area contributed by atoms with Crippen LogP contribution in [-0.2, 0) is 0 Å². The quantitative estimate of drug-likeness (QED) is 0.202. The van der Waals surface area contributed by atoms with Gasteiger partial charge in [-0.3, -0.25) is 0 Å². The fourth-order valence-electron chi connectivity index (χ4n) is 2.49. The van der Waals surface area contributed by atoms with Gasteiger partial charge in [0.25, 0.3) is 0 Å². The van der Waals surface area contributed by atoms with Gasteiger partial charge in [0.05, 0.1) is 0 Å². The molecule has 20 heavy (non-hydrogen) atoms. The first-order chi connectivity index (χ1) is 9.56. The van der Waals surface area contributed by atoms with E-state index in [4.69, 9.17) is 27.3 Å². The lowest BCUT2D eigenvalue weighted by atomic mass is 10.0. The minimum absolute atomic E-state index is 0.358. The molecule has 0 aliphatic rings. The van der Waals surface area contributed by atoms with Gasteiger partial charge in [-0.2, -0.15) is 0 Å². The van der Waals surface area contributed by atoms with Gasteiger partial charge in [0.2, 0.25) is 6.69 Å². The van der Waals surface area contributed by atoms with E-state index in [-0.39, 0.29) is 0 Å². The third-order valence-electron chi connectivity index (χ3n) is 3.77. The van der Waals surface area contributed by atoms with Crippen LogP contribution in [0.3, 0.4) is 0 Å². The van der Waals surface area contributed by atoms with E-state index in [0.29, 0.717) is 6.61 Å². The first-order valence-electron chi connectivity index (χ1n) is 8.55. The molecule has 0 heterocycles. The molecule has 0 saturated heterocycles. The fourth-order valence-corrected chi connectivity index (χ4v) is 4.16. The van der Waals surface area contributed by atoms with Gasteiger partial charge in [-0.1, -0.05) is 77.0 Å². The number of aliphatic hydroxyl groups is 1. The van der Waals surface area contributed by atoms with Gasteiger partial charge in [0.15, 0.2) is 0 Å². The Hall–Kier alpha value is 0.757. The van der Waals surface area contributed by atoms with Gasteiger partial charge in [-0.15, -0.1) is 22.2 Å². The first-order valence-corrected chi connectivity index (χ1v) is 13.3. The Labute approximate surface area is 136 Å². The summed E-state index contributed by atoms with van der Waals surface area (Å²) in [6.45, 7) is 0.543. The van der Waals surface area contributed by atoms with Crippen LogP contribution in [0.2, 0.25) is 12.6 Å². The molecule has 0 aliphatic carbocycles. The molecule has 4 heteroatoms. The van der Waals surface area contributed by atoms with Crippen molar-refractivity contribution < 1.29 is 5.11 Å². The number of hydrogen-bond donors (Lipinski definition) is 1. The highest BCUT2D eigenvalue weighted by Gasteiger charge is 2.19. The lowest BCUT2D eigenvalue weighted by molar-refractivity contribution is 0.282. The van der Waals surface area contributed by atoms with Crippen molar-refractivity contribution in [2.75, 3.05) is 6.61 Å². The lowest BCUT2D eigenvalue weighted by Gasteiger charge is -2.09. The molecule has 0 bridgehead atoms. The molecule has 1 nitrogen and oxygen atoms in total. The highest BCUT2D eigenvalue weighted by molar-refractivity contribution is 7.44. The van der Waals surface area contributed by atoms with Gasteiger partial charge < -0.3 is 5.11 Å². The molecule has 0 aromatic carbocycles. The summed E-state index contributed by atoms with van der Waals surface area (Å²) < 4.78 is 0. The molecule has 0 aromatic heterocycles. The van der Waals surface area contributed by atoms with Crippen LogP contribution in [0.5, 0.6) is 0 Å². The van der Waals surface area contributed by atoms with Gasteiger partial charge in [-0.05, 0) is 19.0 Å². The molecule has 0 rings (SSSR count). The second-order valence-electron chi connectivity index (χ2n) is 6.14. The van der Waals surface area contributed by atoms with Gasteiger partial charge in [-0.25, -0.2) is 0 Å². The molecule has 0 atom stereocenters. The summed E-state index contributed by atoms with van der Waals surface area (Å²) in [7, 11) is 0. The second-order valence-corrected chi connectivity index (χ2v) is 14.4. The molecule has 0 aliphatic heterocycles. The number of hydrogen-bond acceptors (Lipinski definition) is 1. The number of rotatable bonds is 15. The summed E-state index contributed by atoms with van der Waals surface area (Å²) in [6.07, 6.45) is 17.0. The number of halogens is 2. The van der Waals surface area contributed by atoms with Crippen LogP contribution in [-0.4, -0.2) is 18.4 Å². The summed E-state index contributed by atoms with van der Waals surface area (Å²) in [5.74, 6) is 0. The molecule has 0 aromatic rings. The van der Waals surface area contributed by atoms with Gasteiger partial charge in [0, 0.05) is 6.61 Å². The van der Waals surface area contributed by atoms with Crippen molar-refractivity contribution in [3.8, 4) is 0 Å². The molecule has 0 fully saturated rings. The molecule has 0 saturated carbocycles. The Morgan fingerprint density at radius 2 is 0.900 bits per heavy atom. The van der Waals surface area contributed by atoms with E-state index in [0.717, 1.165) is 12.5 Å². The van der Waals surface area contributed by atoms with E-state index in [1.54, 1.807) is 0 Å². The number of aliphatic hydroxyl groups excluding tert-OH is 1. The maximum absolute atomic E-state index is 8.67. The number of unbranched alkanes of at least 4 members (excludes halogenated alkanes) is 12. The van der Waals surface area contributed by atoms with Crippen LogP contribution in [0, 0.1) is 0 Å². The highest BCUT2D eigenvalue weighted by Crippen LogP contribution is 2.23. The maximum atomic E-state index is 8.67. The lowest BCUT2D eigenvalue weighted by Crippen LogP contribution is -2.11. The molecular formula is C16H34Cl2OSi. The van der Waals surface area contributed by atoms with Gasteiger partial charge in [0.1, 0.15) is 0 Å². The first kappa shape index (κ1) is 20.8. The highest BCUT2D eigenvalue weighted by atomic mass is 35.7. The Balaban J connectivity index is 2.99. The van der Waals surface area contributed by atoms with Crippen LogP contribution in [0.1, 0.15) is 83.5 Å². The zero-order valence-corrected chi connectivity index (χ0v) is 15.8. The van der Waals surface area contributed by atoms with E-state index in [1.165, 1.54) is 77.0 Å². The minimum Gasteiger partial charge on any atom is -0.396 e. The monoisotopic (exact) mass is 340 g/mol. The third kappa shape index (κ3) is 18.8. The van der Waals surface area contributed by atoms with Crippen molar-refractivity contribution in [2.45, 2.75) is 96.1 Å². The Morgan fingerprint density at radius 1 is 0.600 bits per heavy atom. The fraction of sp³-hybridized carbons (Fsp3) is 1.00. The predicted octanol–water partition coefficient (Wildman–Crippen LogP) is 6.60. The third-order valence-corrected chi connectivity index (χ3v) is 6.14. The zero-order chi connectivity index (χ0) is 15.1. The average molecular weight is 341 g/mol. The van der Waals surface area contributed by atoms with E-state index < -0.39 is 6.69 Å². The van der Waals surface area contributed by atoms with Crippen molar-refractivity contribution in [2.24, 2.45) is 0 Å². The molecule has 0 unspecified atom stereocenters. The second kappa shape index (κ2) is 14.7.